The Morgan fingerprint density at radius 2 is 1.74 bits per heavy atom. The van der Waals surface area contributed by atoms with Crippen LogP contribution in [-0.2, 0) is 4.79 Å². The van der Waals surface area contributed by atoms with Gasteiger partial charge in [0.05, 0.1) is 13.7 Å². The summed E-state index contributed by atoms with van der Waals surface area (Å²) in [5, 5.41) is 2.78. The minimum Gasteiger partial charge on any atom is -0.497 e. The van der Waals surface area contributed by atoms with Crippen molar-refractivity contribution in [3.63, 3.8) is 0 Å². The molecule has 0 unspecified atom stereocenters. The topological polar surface area (TPSA) is 56.8 Å². The average molecular weight is 315 g/mol. The SMILES string of the molecule is COc1cccc(OCCNC(=O)[C@H](C)Oc2ccccc2)c1. The lowest BCUT2D eigenvalue weighted by Crippen LogP contribution is -2.38. The van der Waals surface area contributed by atoms with E-state index in [1.807, 2.05) is 48.5 Å². The van der Waals surface area contributed by atoms with Crippen LogP contribution in [0, 0.1) is 0 Å². The van der Waals surface area contributed by atoms with E-state index in [2.05, 4.69) is 5.32 Å². The molecule has 1 atom stereocenters. The number of amides is 1. The first kappa shape index (κ1) is 16.7. The van der Waals surface area contributed by atoms with Crippen molar-refractivity contribution in [2.75, 3.05) is 20.3 Å². The van der Waals surface area contributed by atoms with Crippen molar-refractivity contribution in [3.8, 4) is 17.2 Å². The van der Waals surface area contributed by atoms with E-state index in [1.54, 1.807) is 20.1 Å². The summed E-state index contributed by atoms with van der Waals surface area (Å²) in [6.45, 7) is 2.49. The Hall–Kier alpha value is -2.69. The number of ether oxygens (including phenoxy) is 3. The van der Waals surface area contributed by atoms with Crippen LogP contribution in [0.4, 0.5) is 0 Å². The molecule has 0 bridgehead atoms. The lowest BCUT2D eigenvalue weighted by Gasteiger charge is -2.15. The van der Waals surface area contributed by atoms with Crippen molar-refractivity contribution in [1.82, 2.24) is 5.32 Å². The summed E-state index contributed by atoms with van der Waals surface area (Å²) < 4.78 is 16.2. The molecule has 0 fully saturated rings. The molecule has 122 valence electrons. The molecule has 1 amide bonds. The molecule has 2 rings (SSSR count). The summed E-state index contributed by atoms with van der Waals surface area (Å²) in [5.41, 5.74) is 0. The number of benzene rings is 2. The third-order valence-corrected chi connectivity index (χ3v) is 3.14. The molecular weight excluding hydrogens is 294 g/mol. The molecule has 5 heteroatoms. The summed E-state index contributed by atoms with van der Waals surface area (Å²) in [7, 11) is 1.60. The van der Waals surface area contributed by atoms with Crippen LogP contribution >= 0.6 is 0 Å². The van der Waals surface area contributed by atoms with Crippen LogP contribution in [0.5, 0.6) is 17.2 Å². The quantitative estimate of drug-likeness (QED) is 0.761. The van der Waals surface area contributed by atoms with Gasteiger partial charge in [-0.05, 0) is 31.2 Å². The highest BCUT2D eigenvalue weighted by molar-refractivity contribution is 5.80. The second-order valence-corrected chi connectivity index (χ2v) is 4.89. The Morgan fingerprint density at radius 1 is 1.04 bits per heavy atom. The standard InChI is InChI=1S/C18H21NO4/c1-14(23-15-7-4-3-5-8-15)18(20)19-11-12-22-17-10-6-9-16(13-17)21-2/h3-10,13-14H,11-12H2,1-2H3,(H,19,20)/t14-/m0/s1. The molecule has 0 aromatic heterocycles. The van der Waals surface area contributed by atoms with E-state index in [4.69, 9.17) is 14.2 Å². The Bertz CT molecular complexity index is 615. The number of carbonyl (C=O) groups excluding carboxylic acids is 1. The monoisotopic (exact) mass is 315 g/mol. The zero-order chi connectivity index (χ0) is 16.5. The van der Waals surface area contributed by atoms with Gasteiger partial charge >= 0.3 is 0 Å². The molecule has 5 nitrogen and oxygen atoms in total. The zero-order valence-electron chi connectivity index (χ0n) is 13.3. The lowest BCUT2D eigenvalue weighted by molar-refractivity contribution is -0.127. The zero-order valence-corrected chi connectivity index (χ0v) is 13.3. The number of hydrogen-bond donors (Lipinski definition) is 1. The predicted octanol–water partition coefficient (Wildman–Crippen LogP) is 2.66. The van der Waals surface area contributed by atoms with Gasteiger partial charge in [0.2, 0.25) is 0 Å². The molecule has 0 aliphatic carbocycles. The Labute approximate surface area is 136 Å². The molecule has 0 spiro atoms. The van der Waals surface area contributed by atoms with E-state index in [9.17, 15) is 4.79 Å². The molecule has 0 saturated heterocycles. The van der Waals surface area contributed by atoms with Gasteiger partial charge in [-0.3, -0.25) is 4.79 Å². The first-order valence-corrected chi connectivity index (χ1v) is 7.45. The summed E-state index contributed by atoms with van der Waals surface area (Å²) in [6, 6.07) is 16.6. The number of hydrogen-bond acceptors (Lipinski definition) is 4. The van der Waals surface area contributed by atoms with Gasteiger partial charge in [0.25, 0.3) is 5.91 Å². The van der Waals surface area contributed by atoms with Gasteiger partial charge in [0.15, 0.2) is 6.10 Å². The molecule has 0 aliphatic heterocycles. The van der Waals surface area contributed by atoms with Crippen molar-refractivity contribution < 1.29 is 19.0 Å². The number of rotatable bonds is 8. The first-order valence-electron chi connectivity index (χ1n) is 7.45. The highest BCUT2D eigenvalue weighted by Crippen LogP contribution is 2.18. The van der Waals surface area contributed by atoms with E-state index in [0.717, 1.165) is 5.75 Å². The van der Waals surface area contributed by atoms with Gasteiger partial charge in [-0.25, -0.2) is 0 Å². The van der Waals surface area contributed by atoms with Crippen molar-refractivity contribution in [2.24, 2.45) is 0 Å². The molecule has 1 N–H and O–H groups in total. The Morgan fingerprint density at radius 3 is 2.48 bits per heavy atom. The number of nitrogens with one attached hydrogen (secondary N) is 1. The van der Waals surface area contributed by atoms with E-state index in [0.29, 0.717) is 24.7 Å². The molecule has 0 saturated carbocycles. The number of para-hydroxylation sites is 1. The van der Waals surface area contributed by atoms with Gasteiger partial charge in [0.1, 0.15) is 23.9 Å². The van der Waals surface area contributed by atoms with E-state index in [-0.39, 0.29) is 5.91 Å². The van der Waals surface area contributed by atoms with E-state index in [1.165, 1.54) is 0 Å². The lowest BCUT2D eigenvalue weighted by atomic mass is 10.3. The maximum absolute atomic E-state index is 11.9. The van der Waals surface area contributed by atoms with Gasteiger partial charge in [0, 0.05) is 6.07 Å². The summed E-state index contributed by atoms with van der Waals surface area (Å²) in [5.74, 6) is 1.93. The molecule has 23 heavy (non-hydrogen) atoms. The first-order chi connectivity index (χ1) is 11.2. The molecule has 0 radical (unpaired) electrons. The highest BCUT2D eigenvalue weighted by atomic mass is 16.5. The van der Waals surface area contributed by atoms with Crippen LogP contribution in [-0.4, -0.2) is 32.3 Å². The number of carbonyl (C=O) groups is 1. The minimum absolute atomic E-state index is 0.178. The maximum atomic E-state index is 11.9. The van der Waals surface area contributed by atoms with Gasteiger partial charge in [-0.2, -0.15) is 0 Å². The van der Waals surface area contributed by atoms with Crippen molar-refractivity contribution >= 4 is 5.91 Å². The van der Waals surface area contributed by atoms with Crippen LogP contribution in [0.25, 0.3) is 0 Å². The van der Waals surface area contributed by atoms with Crippen LogP contribution in [0.1, 0.15) is 6.92 Å². The second-order valence-electron chi connectivity index (χ2n) is 4.89. The highest BCUT2D eigenvalue weighted by Gasteiger charge is 2.13. The fourth-order valence-electron chi connectivity index (χ4n) is 1.93. The van der Waals surface area contributed by atoms with Crippen molar-refractivity contribution in [2.45, 2.75) is 13.0 Å². The summed E-state index contributed by atoms with van der Waals surface area (Å²) in [4.78, 5) is 11.9. The Kier molecular flexibility index (Phi) is 6.29. The summed E-state index contributed by atoms with van der Waals surface area (Å²) in [6.07, 6.45) is -0.561. The maximum Gasteiger partial charge on any atom is 0.260 e. The molecule has 2 aromatic carbocycles. The third kappa shape index (κ3) is 5.54. The van der Waals surface area contributed by atoms with E-state index < -0.39 is 6.10 Å². The van der Waals surface area contributed by atoms with Crippen molar-refractivity contribution in [3.05, 3.63) is 54.6 Å². The molecule has 0 aliphatic rings. The second kappa shape index (κ2) is 8.68. The van der Waals surface area contributed by atoms with Crippen LogP contribution in [0.15, 0.2) is 54.6 Å². The molecular formula is C18H21NO4. The van der Waals surface area contributed by atoms with Gasteiger partial charge < -0.3 is 19.5 Å². The average Bonchev–Trinajstić information content (AvgIpc) is 2.59. The molecule has 0 heterocycles. The smallest absolute Gasteiger partial charge is 0.260 e. The van der Waals surface area contributed by atoms with Crippen molar-refractivity contribution in [1.29, 1.82) is 0 Å². The summed E-state index contributed by atoms with van der Waals surface area (Å²) >= 11 is 0. The largest absolute Gasteiger partial charge is 0.497 e. The van der Waals surface area contributed by atoms with Gasteiger partial charge in [-0.1, -0.05) is 24.3 Å². The Balaban J connectivity index is 1.69. The van der Waals surface area contributed by atoms with Crippen LogP contribution < -0.4 is 19.5 Å². The number of methoxy groups -OCH3 is 1. The molecule has 2 aromatic rings. The minimum atomic E-state index is -0.561. The van der Waals surface area contributed by atoms with Gasteiger partial charge in [-0.15, -0.1) is 0 Å². The third-order valence-electron chi connectivity index (χ3n) is 3.14. The normalized spacial score (nSPS) is 11.4. The fraction of sp³-hybridized carbons (Fsp3) is 0.278. The van der Waals surface area contributed by atoms with Crippen LogP contribution in [0.3, 0.4) is 0 Å². The van der Waals surface area contributed by atoms with Crippen LogP contribution in [0.2, 0.25) is 0 Å². The van der Waals surface area contributed by atoms with E-state index >= 15 is 0 Å². The predicted molar refractivity (Wildman–Crippen MR) is 88.0 cm³/mol. The fourth-order valence-corrected chi connectivity index (χ4v) is 1.93.